The molecule has 0 bridgehead atoms. The van der Waals surface area contributed by atoms with E-state index in [4.69, 9.17) is 8.83 Å². The third-order valence-corrected chi connectivity index (χ3v) is 4.40. The van der Waals surface area contributed by atoms with Crippen LogP contribution in [0.1, 0.15) is 27.6 Å². The molecule has 4 aromatic rings. The number of nitrogens with zero attached hydrogens (tertiary/aromatic N) is 1. The molecular formula is C22H20N2O3. The molecule has 136 valence electrons. The monoisotopic (exact) mass is 360 g/mol. The molecule has 0 radical (unpaired) electrons. The first-order valence-corrected chi connectivity index (χ1v) is 9.02. The number of carbonyl (C=O) groups is 1. The van der Waals surface area contributed by atoms with Gasteiger partial charge in [-0.15, -0.1) is 0 Å². The lowest BCUT2D eigenvalue weighted by atomic mass is 10.1. The van der Waals surface area contributed by atoms with Gasteiger partial charge in [-0.2, -0.15) is 0 Å². The number of oxazole rings is 1. The Morgan fingerprint density at radius 2 is 1.85 bits per heavy atom. The average Bonchev–Trinajstić information content (AvgIpc) is 3.36. The molecule has 0 fully saturated rings. The maximum absolute atomic E-state index is 12.3. The Balaban J connectivity index is 1.38. The maximum Gasteiger partial charge on any atom is 0.251 e. The number of carbonyl (C=O) groups excluding carboxylic acids is 1. The Kier molecular flexibility index (Phi) is 5.01. The lowest BCUT2D eigenvalue weighted by Gasteiger charge is -2.03. The number of rotatable bonds is 7. The first kappa shape index (κ1) is 17.1. The highest BCUT2D eigenvalue weighted by atomic mass is 16.3. The van der Waals surface area contributed by atoms with Crippen LogP contribution in [0.3, 0.4) is 0 Å². The molecule has 2 heterocycles. The summed E-state index contributed by atoms with van der Waals surface area (Å²) >= 11 is 0. The predicted molar refractivity (Wildman–Crippen MR) is 103 cm³/mol. The third kappa shape index (κ3) is 4.26. The van der Waals surface area contributed by atoms with Crippen LogP contribution >= 0.6 is 0 Å². The van der Waals surface area contributed by atoms with Crippen molar-refractivity contribution in [3.63, 3.8) is 0 Å². The number of fused-ring (bicyclic) bond motifs is 1. The zero-order valence-corrected chi connectivity index (χ0v) is 14.9. The summed E-state index contributed by atoms with van der Waals surface area (Å²) in [5, 5.41) is 2.89. The highest BCUT2D eigenvalue weighted by molar-refractivity contribution is 5.97. The van der Waals surface area contributed by atoms with Crippen molar-refractivity contribution >= 4 is 17.0 Å². The maximum atomic E-state index is 12.3. The van der Waals surface area contributed by atoms with Gasteiger partial charge in [0.2, 0.25) is 0 Å². The Labute approximate surface area is 157 Å². The van der Waals surface area contributed by atoms with E-state index in [0.717, 1.165) is 24.1 Å². The van der Waals surface area contributed by atoms with Crippen LogP contribution in [0.5, 0.6) is 0 Å². The molecule has 27 heavy (non-hydrogen) atoms. The van der Waals surface area contributed by atoms with Gasteiger partial charge in [-0.05, 0) is 42.3 Å². The summed E-state index contributed by atoms with van der Waals surface area (Å²) in [4.78, 5) is 16.8. The van der Waals surface area contributed by atoms with Gasteiger partial charge in [0.15, 0.2) is 11.5 Å². The number of hydrogen-bond acceptors (Lipinski definition) is 4. The molecular weight excluding hydrogens is 340 g/mol. The predicted octanol–water partition coefficient (Wildman–Crippen LogP) is 4.18. The molecule has 5 heteroatoms. The second-order valence-electron chi connectivity index (χ2n) is 6.36. The molecule has 1 N–H and O–H groups in total. The highest BCUT2D eigenvalue weighted by Gasteiger charge is 2.11. The van der Waals surface area contributed by atoms with Crippen molar-refractivity contribution in [1.29, 1.82) is 0 Å². The number of hydrogen-bond donors (Lipinski definition) is 1. The number of nitrogens with one attached hydrogen (secondary N) is 1. The van der Waals surface area contributed by atoms with Crippen LogP contribution in [-0.2, 0) is 19.3 Å². The first-order chi connectivity index (χ1) is 13.3. The van der Waals surface area contributed by atoms with Gasteiger partial charge in [0, 0.05) is 24.9 Å². The molecule has 0 atom stereocenters. The van der Waals surface area contributed by atoms with Gasteiger partial charge < -0.3 is 14.2 Å². The molecule has 0 unspecified atom stereocenters. The van der Waals surface area contributed by atoms with Crippen molar-refractivity contribution < 1.29 is 13.6 Å². The standard InChI is InChI=1S/C22H20N2O3/c25-22(23-13-12-18-7-4-14-26-18)17-9-10-19-20(15-17)27-21(24-19)11-8-16-5-2-1-3-6-16/h1-7,9-10,14-15H,8,11-13H2,(H,23,25). The lowest BCUT2D eigenvalue weighted by Crippen LogP contribution is -2.25. The molecule has 0 spiro atoms. The zero-order valence-electron chi connectivity index (χ0n) is 14.9. The third-order valence-electron chi connectivity index (χ3n) is 4.40. The number of aromatic nitrogens is 1. The summed E-state index contributed by atoms with van der Waals surface area (Å²) in [6, 6.07) is 19.3. The van der Waals surface area contributed by atoms with Crippen molar-refractivity contribution in [2.45, 2.75) is 19.3 Å². The smallest absolute Gasteiger partial charge is 0.251 e. The fourth-order valence-corrected chi connectivity index (χ4v) is 2.97. The van der Waals surface area contributed by atoms with Crippen LogP contribution in [0.2, 0.25) is 0 Å². The van der Waals surface area contributed by atoms with Crippen LogP contribution in [0.4, 0.5) is 0 Å². The minimum Gasteiger partial charge on any atom is -0.469 e. The van der Waals surface area contributed by atoms with Crippen LogP contribution in [0.25, 0.3) is 11.1 Å². The number of amides is 1. The van der Waals surface area contributed by atoms with Gasteiger partial charge in [-0.1, -0.05) is 30.3 Å². The van der Waals surface area contributed by atoms with E-state index in [2.05, 4.69) is 22.4 Å². The fourth-order valence-electron chi connectivity index (χ4n) is 2.97. The van der Waals surface area contributed by atoms with Crippen molar-refractivity contribution in [3.05, 3.63) is 89.7 Å². The van der Waals surface area contributed by atoms with E-state index in [0.29, 0.717) is 30.0 Å². The fraction of sp³-hybridized carbons (Fsp3) is 0.182. The minimum absolute atomic E-state index is 0.134. The lowest BCUT2D eigenvalue weighted by molar-refractivity contribution is 0.0953. The van der Waals surface area contributed by atoms with Crippen LogP contribution in [0.15, 0.2) is 75.8 Å². The molecule has 0 aliphatic heterocycles. The largest absolute Gasteiger partial charge is 0.469 e. The van der Waals surface area contributed by atoms with Gasteiger partial charge in [0.1, 0.15) is 11.3 Å². The molecule has 2 aromatic carbocycles. The van der Waals surface area contributed by atoms with Crippen LogP contribution < -0.4 is 5.32 Å². The number of aryl methyl sites for hydroxylation is 2. The number of furan rings is 1. The zero-order chi connectivity index (χ0) is 18.5. The second-order valence-corrected chi connectivity index (χ2v) is 6.36. The van der Waals surface area contributed by atoms with E-state index >= 15 is 0 Å². The van der Waals surface area contributed by atoms with Crippen LogP contribution in [0, 0.1) is 0 Å². The summed E-state index contributed by atoms with van der Waals surface area (Å²) in [5.41, 5.74) is 3.21. The highest BCUT2D eigenvalue weighted by Crippen LogP contribution is 2.19. The molecule has 4 rings (SSSR count). The molecule has 0 aliphatic carbocycles. The summed E-state index contributed by atoms with van der Waals surface area (Å²) < 4.78 is 11.1. The molecule has 2 aromatic heterocycles. The quantitative estimate of drug-likeness (QED) is 0.537. The summed E-state index contributed by atoms with van der Waals surface area (Å²) in [6.07, 6.45) is 3.88. The molecule has 0 saturated heterocycles. The minimum atomic E-state index is -0.134. The van der Waals surface area contributed by atoms with Crippen molar-refractivity contribution in [2.24, 2.45) is 0 Å². The molecule has 5 nitrogen and oxygen atoms in total. The van der Waals surface area contributed by atoms with Gasteiger partial charge in [-0.3, -0.25) is 4.79 Å². The summed E-state index contributed by atoms with van der Waals surface area (Å²) in [6.45, 7) is 0.517. The normalized spacial score (nSPS) is 11.0. The van der Waals surface area contributed by atoms with Gasteiger partial charge in [-0.25, -0.2) is 4.98 Å². The van der Waals surface area contributed by atoms with Gasteiger partial charge in [0.25, 0.3) is 5.91 Å². The van der Waals surface area contributed by atoms with E-state index < -0.39 is 0 Å². The van der Waals surface area contributed by atoms with E-state index in [1.807, 2.05) is 36.4 Å². The van der Waals surface area contributed by atoms with E-state index in [1.54, 1.807) is 18.4 Å². The molecule has 1 amide bonds. The molecule has 0 saturated carbocycles. The SMILES string of the molecule is O=C(NCCc1ccco1)c1ccc2nc(CCc3ccccc3)oc2c1. The second kappa shape index (κ2) is 7.91. The Bertz CT molecular complexity index is 1020. The summed E-state index contributed by atoms with van der Waals surface area (Å²) in [5.74, 6) is 1.40. The summed E-state index contributed by atoms with van der Waals surface area (Å²) in [7, 11) is 0. The van der Waals surface area contributed by atoms with Gasteiger partial charge in [0.05, 0.1) is 6.26 Å². The van der Waals surface area contributed by atoms with Crippen molar-refractivity contribution in [1.82, 2.24) is 10.3 Å². The van der Waals surface area contributed by atoms with Crippen LogP contribution in [-0.4, -0.2) is 17.4 Å². The molecule has 0 aliphatic rings. The van der Waals surface area contributed by atoms with E-state index in [1.165, 1.54) is 5.56 Å². The van der Waals surface area contributed by atoms with E-state index in [-0.39, 0.29) is 5.91 Å². The average molecular weight is 360 g/mol. The Morgan fingerprint density at radius 1 is 0.963 bits per heavy atom. The first-order valence-electron chi connectivity index (χ1n) is 9.02. The van der Waals surface area contributed by atoms with Gasteiger partial charge >= 0.3 is 0 Å². The number of benzene rings is 2. The topological polar surface area (TPSA) is 68.3 Å². The van der Waals surface area contributed by atoms with Crippen molar-refractivity contribution in [2.75, 3.05) is 6.54 Å². The van der Waals surface area contributed by atoms with E-state index in [9.17, 15) is 4.79 Å². The Hall–Kier alpha value is -3.34. The van der Waals surface area contributed by atoms with Crippen molar-refractivity contribution in [3.8, 4) is 0 Å². The Morgan fingerprint density at radius 3 is 2.67 bits per heavy atom.